The Labute approximate surface area is 165 Å². The summed E-state index contributed by atoms with van der Waals surface area (Å²) in [6.45, 7) is 12.1. The van der Waals surface area contributed by atoms with Gasteiger partial charge in [-0.1, -0.05) is 44.9 Å². The van der Waals surface area contributed by atoms with Crippen LogP contribution < -0.4 is 0 Å². The van der Waals surface area contributed by atoms with Crippen LogP contribution in [0.4, 0.5) is 0 Å². The lowest BCUT2D eigenvalue weighted by atomic mass is 9.96. The molecule has 0 amide bonds. The highest BCUT2D eigenvalue weighted by atomic mass is 16.5. The fraction of sp³-hybridized carbons (Fsp3) is 0.739. The Kier molecular flexibility index (Phi) is 10.4. The van der Waals surface area contributed by atoms with Crippen LogP contribution in [-0.2, 0) is 19.1 Å². The molecule has 4 nitrogen and oxygen atoms in total. The number of unbranched alkanes of at least 4 members (excludes halogenated alkanes) is 2. The van der Waals surface area contributed by atoms with Gasteiger partial charge >= 0.3 is 11.9 Å². The van der Waals surface area contributed by atoms with Crippen molar-refractivity contribution in [2.24, 2.45) is 11.3 Å². The molecule has 2 atom stereocenters. The predicted octanol–water partition coefficient (Wildman–Crippen LogP) is 5.76. The summed E-state index contributed by atoms with van der Waals surface area (Å²) < 4.78 is 10.9. The topological polar surface area (TPSA) is 52.6 Å². The molecule has 1 rings (SSSR count). The predicted molar refractivity (Wildman–Crippen MR) is 109 cm³/mol. The zero-order chi connectivity index (χ0) is 20.3. The molecule has 1 aliphatic rings. The largest absolute Gasteiger partial charge is 0.465 e. The van der Waals surface area contributed by atoms with Crippen LogP contribution in [0.5, 0.6) is 0 Å². The van der Waals surface area contributed by atoms with E-state index in [0.717, 1.165) is 51.4 Å². The fourth-order valence-corrected chi connectivity index (χ4v) is 2.97. The third kappa shape index (κ3) is 9.78. The second-order valence-electron chi connectivity index (χ2n) is 8.64. The molecule has 0 saturated heterocycles. The highest BCUT2D eigenvalue weighted by Gasteiger charge is 2.24. The van der Waals surface area contributed by atoms with Gasteiger partial charge in [-0.3, -0.25) is 4.79 Å². The minimum absolute atomic E-state index is 0.0142. The van der Waals surface area contributed by atoms with Crippen LogP contribution >= 0.6 is 0 Å². The number of rotatable bonds is 11. The summed E-state index contributed by atoms with van der Waals surface area (Å²) in [6, 6.07) is 0. The maximum absolute atomic E-state index is 12.1. The van der Waals surface area contributed by atoms with Gasteiger partial charge in [0.05, 0.1) is 12.0 Å². The first-order chi connectivity index (χ1) is 12.7. The van der Waals surface area contributed by atoms with Crippen LogP contribution in [0.15, 0.2) is 24.3 Å². The molecule has 0 bridgehead atoms. The molecule has 0 aliphatic heterocycles. The van der Waals surface area contributed by atoms with Gasteiger partial charge in [0, 0.05) is 12.0 Å². The van der Waals surface area contributed by atoms with Gasteiger partial charge in [-0.2, -0.15) is 0 Å². The third-order valence-electron chi connectivity index (χ3n) is 5.01. The molecule has 0 radical (unpaired) electrons. The van der Waals surface area contributed by atoms with Gasteiger partial charge in [0.2, 0.25) is 0 Å². The molecular formula is C23H38O4. The normalized spacial score (nSPS) is 18.0. The first-order valence-corrected chi connectivity index (χ1v) is 10.4. The summed E-state index contributed by atoms with van der Waals surface area (Å²) in [6.07, 6.45) is 12.7. The van der Waals surface area contributed by atoms with E-state index in [9.17, 15) is 9.59 Å². The second kappa shape index (κ2) is 12.0. The van der Waals surface area contributed by atoms with Crippen molar-refractivity contribution in [1.29, 1.82) is 0 Å². The van der Waals surface area contributed by atoms with Gasteiger partial charge in [0.25, 0.3) is 0 Å². The summed E-state index contributed by atoms with van der Waals surface area (Å²) in [5.74, 6) is 0.0314. The molecule has 154 valence electrons. The molecule has 0 fully saturated rings. The summed E-state index contributed by atoms with van der Waals surface area (Å²) in [4.78, 5) is 23.9. The monoisotopic (exact) mass is 378 g/mol. The van der Waals surface area contributed by atoms with Crippen molar-refractivity contribution in [3.63, 3.8) is 0 Å². The van der Waals surface area contributed by atoms with Gasteiger partial charge in [-0.15, -0.1) is 0 Å². The van der Waals surface area contributed by atoms with Crippen molar-refractivity contribution >= 4 is 11.9 Å². The lowest BCUT2D eigenvalue weighted by Gasteiger charge is -2.20. The van der Waals surface area contributed by atoms with Gasteiger partial charge in [-0.05, 0) is 58.8 Å². The highest BCUT2D eigenvalue weighted by molar-refractivity contribution is 5.87. The van der Waals surface area contributed by atoms with Gasteiger partial charge in [0.1, 0.15) is 6.10 Å². The van der Waals surface area contributed by atoms with Crippen molar-refractivity contribution in [3.8, 4) is 0 Å². The van der Waals surface area contributed by atoms with Crippen LogP contribution in [0, 0.1) is 11.3 Å². The molecular weight excluding hydrogens is 340 g/mol. The van der Waals surface area contributed by atoms with E-state index in [1.807, 2.05) is 20.8 Å². The lowest BCUT2D eigenvalue weighted by Crippen LogP contribution is -2.25. The Hall–Kier alpha value is -1.58. The molecule has 0 N–H and O–H groups in total. The first-order valence-electron chi connectivity index (χ1n) is 10.4. The standard InChI is InChI=1S/C23H38O4/c1-6-19(17-26-22(25)23(3,4)5)14-10-7-9-13-18(2)21(24)27-20-15-11-8-12-16-20/h8,11,19-20H,2,6-7,9-10,12-17H2,1,3-5H3. The number of hydrogen-bond donors (Lipinski definition) is 0. The molecule has 0 saturated carbocycles. The number of carbonyl (C=O) groups excluding carboxylic acids is 2. The summed E-state index contributed by atoms with van der Waals surface area (Å²) in [5, 5.41) is 0. The number of allylic oxidation sites excluding steroid dienone is 1. The number of ether oxygens (including phenoxy) is 2. The van der Waals surface area contributed by atoms with Crippen molar-refractivity contribution < 1.29 is 19.1 Å². The average molecular weight is 379 g/mol. The zero-order valence-corrected chi connectivity index (χ0v) is 17.7. The van der Waals surface area contributed by atoms with E-state index in [2.05, 4.69) is 25.7 Å². The van der Waals surface area contributed by atoms with E-state index in [4.69, 9.17) is 9.47 Å². The van der Waals surface area contributed by atoms with Gasteiger partial charge in [0.15, 0.2) is 0 Å². The first kappa shape index (κ1) is 23.5. The fourth-order valence-electron chi connectivity index (χ4n) is 2.97. The maximum atomic E-state index is 12.1. The lowest BCUT2D eigenvalue weighted by molar-refractivity contribution is -0.154. The van der Waals surface area contributed by atoms with Crippen molar-refractivity contribution in [3.05, 3.63) is 24.3 Å². The van der Waals surface area contributed by atoms with Gasteiger partial charge < -0.3 is 9.47 Å². The highest BCUT2D eigenvalue weighted by Crippen LogP contribution is 2.21. The van der Waals surface area contributed by atoms with E-state index < -0.39 is 5.41 Å². The van der Waals surface area contributed by atoms with E-state index in [1.54, 1.807) is 0 Å². The van der Waals surface area contributed by atoms with Crippen molar-refractivity contribution in [1.82, 2.24) is 0 Å². The minimum Gasteiger partial charge on any atom is -0.465 e. The number of carbonyl (C=O) groups is 2. The smallest absolute Gasteiger partial charge is 0.333 e. The molecule has 27 heavy (non-hydrogen) atoms. The molecule has 0 spiro atoms. The molecule has 0 aromatic rings. The van der Waals surface area contributed by atoms with E-state index in [0.29, 0.717) is 24.5 Å². The minimum atomic E-state index is -0.443. The zero-order valence-electron chi connectivity index (χ0n) is 17.7. The Morgan fingerprint density at radius 2 is 1.93 bits per heavy atom. The average Bonchev–Trinajstić information content (AvgIpc) is 2.63. The number of hydrogen-bond acceptors (Lipinski definition) is 4. The summed E-state index contributed by atoms with van der Waals surface area (Å²) in [7, 11) is 0. The molecule has 0 heterocycles. The second-order valence-corrected chi connectivity index (χ2v) is 8.64. The van der Waals surface area contributed by atoms with Crippen LogP contribution in [0.3, 0.4) is 0 Å². The van der Waals surface area contributed by atoms with E-state index in [-0.39, 0.29) is 18.0 Å². The summed E-state index contributed by atoms with van der Waals surface area (Å²) in [5.41, 5.74) is 0.136. The van der Waals surface area contributed by atoms with E-state index >= 15 is 0 Å². The Morgan fingerprint density at radius 3 is 2.52 bits per heavy atom. The molecule has 0 aromatic carbocycles. The Bertz CT molecular complexity index is 513. The molecule has 0 aromatic heterocycles. The van der Waals surface area contributed by atoms with Crippen LogP contribution in [0.25, 0.3) is 0 Å². The van der Waals surface area contributed by atoms with Crippen molar-refractivity contribution in [2.75, 3.05) is 6.61 Å². The SMILES string of the molecule is C=C(CCCCCC(CC)COC(=O)C(C)(C)C)C(=O)OC1CC=CCC1. The molecule has 1 aliphatic carbocycles. The third-order valence-corrected chi connectivity index (χ3v) is 5.01. The van der Waals surface area contributed by atoms with Gasteiger partial charge in [-0.25, -0.2) is 4.79 Å². The Morgan fingerprint density at radius 1 is 1.19 bits per heavy atom. The molecule has 2 unspecified atom stereocenters. The van der Waals surface area contributed by atoms with Crippen LogP contribution in [0.1, 0.15) is 85.5 Å². The maximum Gasteiger partial charge on any atom is 0.333 e. The number of esters is 2. The quantitative estimate of drug-likeness (QED) is 0.198. The van der Waals surface area contributed by atoms with E-state index in [1.165, 1.54) is 0 Å². The van der Waals surface area contributed by atoms with Crippen molar-refractivity contribution in [2.45, 2.75) is 91.6 Å². The summed E-state index contributed by atoms with van der Waals surface area (Å²) >= 11 is 0. The van der Waals surface area contributed by atoms with Crippen LogP contribution in [0.2, 0.25) is 0 Å². The Balaban J connectivity index is 2.15. The molecule has 4 heteroatoms. The van der Waals surface area contributed by atoms with Crippen LogP contribution in [-0.4, -0.2) is 24.6 Å².